The Labute approximate surface area is 261 Å². The summed E-state index contributed by atoms with van der Waals surface area (Å²) in [6, 6.07) is 10.4. The molecule has 5 aromatic rings. The molecular formula is C30H28ClF3N10O. The van der Waals surface area contributed by atoms with E-state index in [2.05, 4.69) is 35.1 Å². The molecule has 4 heterocycles. The molecule has 15 heteroatoms. The summed E-state index contributed by atoms with van der Waals surface area (Å²) in [6.07, 6.45) is 1.43. The van der Waals surface area contributed by atoms with E-state index in [-0.39, 0.29) is 29.5 Å². The molecule has 0 amide bonds. The second kappa shape index (κ2) is 12.3. The standard InChI is InChI=1S/C30H28ClF3N10O/c1-17(2)44-14-22(30(32,33)34)39-27(44)20-6-4-18(5-7-20)12-43(13-21-10-11-23(31)42-41-21)29-38-16-36-26(40-29)24-25(19-8-9-19)35-15-37-28(24)45-3/h4-7,10-11,14-17,19H,8-9,12-13H2,1-3H3. The topological polar surface area (TPSA) is 121 Å². The first-order valence-corrected chi connectivity index (χ1v) is 14.5. The smallest absolute Gasteiger partial charge is 0.434 e. The Morgan fingerprint density at radius 3 is 2.36 bits per heavy atom. The lowest BCUT2D eigenvalue weighted by Gasteiger charge is -2.23. The Bertz CT molecular complexity index is 1790. The molecule has 45 heavy (non-hydrogen) atoms. The predicted octanol–water partition coefficient (Wildman–Crippen LogP) is 6.33. The fourth-order valence-corrected chi connectivity index (χ4v) is 5.01. The van der Waals surface area contributed by atoms with E-state index in [0.29, 0.717) is 41.0 Å². The van der Waals surface area contributed by atoms with E-state index in [1.165, 1.54) is 24.3 Å². The Morgan fingerprint density at radius 2 is 1.71 bits per heavy atom. The van der Waals surface area contributed by atoms with E-state index in [1.54, 1.807) is 24.3 Å². The molecule has 4 aromatic heterocycles. The summed E-state index contributed by atoms with van der Waals surface area (Å²) in [6.45, 7) is 4.23. The molecule has 0 spiro atoms. The van der Waals surface area contributed by atoms with Gasteiger partial charge in [-0.25, -0.2) is 24.9 Å². The van der Waals surface area contributed by atoms with Gasteiger partial charge in [-0.3, -0.25) is 0 Å². The van der Waals surface area contributed by atoms with Gasteiger partial charge in [0.05, 0.1) is 25.0 Å². The summed E-state index contributed by atoms with van der Waals surface area (Å²) in [7, 11) is 1.54. The Morgan fingerprint density at radius 1 is 0.956 bits per heavy atom. The van der Waals surface area contributed by atoms with E-state index >= 15 is 0 Å². The first-order valence-electron chi connectivity index (χ1n) is 14.2. The lowest BCUT2D eigenvalue weighted by Crippen LogP contribution is -2.25. The van der Waals surface area contributed by atoms with Crippen molar-refractivity contribution in [2.24, 2.45) is 0 Å². The van der Waals surface area contributed by atoms with Gasteiger partial charge in [0.2, 0.25) is 11.8 Å². The van der Waals surface area contributed by atoms with Crippen LogP contribution in [0.1, 0.15) is 61.3 Å². The Balaban J connectivity index is 1.34. The average Bonchev–Trinajstić information content (AvgIpc) is 3.77. The quantitative estimate of drug-likeness (QED) is 0.172. The summed E-state index contributed by atoms with van der Waals surface area (Å²) in [4.78, 5) is 28.3. The molecule has 6 rings (SSSR count). The molecule has 0 atom stereocenters. The lowest BCUT2D eigenvalue weighted by molar-refractivity contribution is -0.140. The molecule has 0 aliphatic heterocycles. The maximum absolute atomic E-state index is 13.4. The molecule has 11 nitrogen and oxygen atoms in total. The predicted molar refractivity (Wildman–Crippen MR) is 159 cm³/mol. The van der Waals surface area contributed by atoms with Crippen molar-refractivity contribution in [3.05, 3.63) is 83.0 Å². The molecular weight excluding hydrogens is 609 g/mol. The van der Waals surface area contributed by atoms with Crippen LogP contribution in [-0.2, 0) is 19.3 Å². The molecule has 1 aromatic carbocycles. The van der Waals surface area contributed by atoms with Gasteiger partial charge in [-0.1, -0.05) is 35.9 Å². The van der Waals surface area contributed by atoms with Crippen molar-refractivity contribution in [3.63, 3.8) is 0 Å². The van der Waals surface area contributed by atoms with Crippen LogP contribution >= 0.6 is 11.6 Å². The van der Waals surface area contributed by atoms with Crippen molar-refractivity contribution in [3.8, 4) is 28.7 Å². The first-order chi connectivity index (χ1) is 21.6. The van der Waals surface area contributed by atoms with E-state index < -0.39 is 11.9 Å². The second-order valence-corrected chi connectivity index (χ2v) is 11.3. The summed E-state index contributed by atoms with van der Waals surface area (Å²) in [5.74, 6) is 1.64. The minimum Gasteiger partial charge on any atom is -0.480 e. The summed E-state index contributed by atoms with van der Waals surface area (Å²) in [5, 5.41) is 8.43. The van der Waals surface area contributed by atoms with Crippen molar-refractivity contribution in [1.82, 2.24) is 44.7 Å². The number of rotatable bonds is 10. The zero-order chi connectivity index (χ0) is 31.7. The highest BCUT2D eigenvalue weighted by Gasteiger charge is 2.35. The molecule has 1 aliphatic rings. The number of alkyl halides is 3. The number of ether oxygens (including phenoxy) is 1. The van der Waals surface area contributed by atoms with Crippen LogP contribution in [0.4, 0.5) is 19.1 Å². The summed E-state index contributed by atoms with van der Waals surface area (Å²) < 4.78 is 47.4. The average molecular weight is 637 g/mol. The largest absolute Gasteiger partial charge is 0.480 e. The second-order valence-electron chi connectivity index (χ2n) is 10.9. The van der Waals surface area contributed by atoms with Gasteiger partial charge in [0, 0.05) is 30.3 Å². The maximum Gasteiger partial charge on any atom is 0.434 e. The number of methoxy groups -OCH3 is 1. The normalized spacial score (nSPS) is 13.3. The number of hydrogen-bond donors (Lipinski definition) is 0. The van der Waals surface area contributed by atoms with E-state index in [0.717, 1.165) is 30.3 Å². The van der Waals surface area contributed by atoms with Crippen LogP contribution in [0.15, 0.2) is 55.2 Å². The number of nitrogens with zero attached hydrogens (tertiary/aromatic N) is 10. The molecule has 0 saturated heterocycles. The Hall–Kier alpha value is -4.72. The van der Waals surface area contributed by atoms with Crippen molar-refractivity contribution >= 4 is 17.5 Å². The van der Waals surface area contributed by atoms with E-state index in [4.69, 9.17) is 21.3 Å². The molecule has 1 fully saturated rings. The SMILES string of the molecule is COc1ncnc(C2CC2)c1-c1ncnc(N(Cc2ccc(-c3nc(C(F)(F)F)cn3C(C)C)cc2)Cc2ccc(Cl)nn2)n1. The van der Waals surface area contributed by atoms with Crippen LogP contribution in [0.25, 0.3) is 22.8 Å². The van der Waals surface area contributed by atoms with E-state index in [9.17, 15) is 13.2 Å². The van der Waals surface area contributed by atoms with Crippen LogP contribution in [0.5, 0.6) is 5.88 Å². The van der Waals surface area contributed by atoms with E-state index in [1.807, 2.05) is 30.9 Å². The van der Waals surface area contributed by atoms with Crippen molar-refractivity contribution in [1.29, 1.82) is 0 Å². The zero-order valence-electron chi connectivity index (χ0n) is 24.6. The van der Waals surface area contributed by atoms with Crippen LogP contribution in [-0.4, -0.2) is 51.8 Å². The Kier molecular flexibility index (Phi) is 8.32. The highest BCUT2D eigenvalue weighted by Crippen LogP contribution is 2.45. The zero-order valence-corrected chi connectivity index (χ0v) is 25.3. The van der Waals surface area contributed by atoms with Crippen molar-refractivity contribution in [2.45, 2.75) is 57.9 Å². The van der Waals surface area contributed by atoms with Crippen LogP contribution < -0.4 is 9.64 Å². The van der Waals surface area contributed by atoms with Crippen molar-refractivity contribution in [2.75, 3.05) is 12.0 Å². The number of imidazole rings is 1. The molecule has 0 bridgehead atoms. The third-order valence-corrected chi connectivity index (χ3v) is 7.47. The fourth-order valence-electron chi connectivity index (χ4n) is 4.91. The van der Waals surface area contributed by atoms with Crippen LogP contribution in [0.2, 0.25) is 5.15 Å². The highest BCUT2D eigenvalue weighted by atomic mass is 35.5. The monoisotopic (exact) mass is 636 g/mol. The summed E-state index contributed by atoms with van der Waals surface area (Å²) in [5.41, 5.74) is 2.56. The number of benzene rings is 1. The van der Waals surface area contributed by atoms with Crippen molar-refractivity contribution < 1.29 is 17.9 Å². The number of aromatic nitrogens is 9. The molecule has 1 saturated carbocycles. The molecule has 1 aliphatic carbocycles. The molecule has 0 N–H and O–H groups in total. The summed E-state index contributed by atoms with van der Waals surface area (Å²) >= 11 is 5.97. The third kappa shape index (κ3) is 6.70. The van der Waals surface area contributed by atoms with Gasteiger partial charge in [-0.05, 0) is 44.4 Å². The van der Waals surface area contributed by atoms with Gasteiger partial charge >= 0.3 is 6.18 Å². The molecule has 0 radical (unpaired) electrons. The lowest BCUT2D eigenvalue weighted by atomic mass is 10.1. The third-order valence-electron chi connectivity index (χ3n) is 7.27. The highest BCUT2D eigenvalue weighted by molar-refractivity contribution is 6.29. The minimum atomic E-state index is -4.54. The van der Waals surface area contributed by atoms with Crippen LogP contribution in [0, 0.1) is 0 Å². The van der Waals surface area contributed by atoms with Gasteiger partial charge in [0.25, 0.3) is 0 Å². The van der Waals surface area contributed by atoms with Gasteiger partial charge in [0.1, 0.15) is 24.0 Å². The molecule has 232 valence electrons. The number of halogens is 4. The van der Waals surface area contributed by atoms with Gasteiger partial charge in [-0.2, -0.15) is 23.3 Å². The molecule has 0 unspecified atom stereocenters. The first kappa shape index (κ1) is 30.3. The maximum atomic E-state index is 13.4. The van der Waals surface area contributed by atoms with Gasteiger partial charge in [0.15, 0.2) is 16.7 Å². The fraction of sp³-hybridized carbons (Fsp3) is 0.333. The van der Waals surface area contributed by atoms with Crippen LogP contribution in [0.3, 0.4) is 0 Å². The van der Waals surface area contributed by atoms with Gasteiger partial charge < -0.3 is 14.2 Å². The number of anilines is 1. The number of hydrogen-bond acceptors (Lipinski definition) is 10. The minimum absolute atomic E-state index is 0.216. The van der Waals surface area contributed by atoms with Gasteiger partial charge in [-0.15, -0.1) is 5.10 Å².